The third kappa shape index (κ3) is 4.79. The van der Waals surface area contributed by atoms with Crippen molar-refractivity contribution in [1.82, 2.24) is 0 Å². The number of aliphatic hydroxyl groups excluding tert-OH is 1. The average Bonchev–Trinajstić information content (AvgIpc) is 3.17. The molecule has 7 heteroatoms. The van der Waals surface area contributed by atoms with Gasteiger partial charge in [0.25, 0.3) is 11.7 Å². The van der Waals surface area contributed by atoms with Gasteiger partial charge in [0.05, 0.1) is 31.4 Å². The summed E-state index contributed by atoms with van der Waals surface area (Å²) in [5, 5.41) is 11.5. The van der Waals surface area contributed by atoms with Gasteiger partial charge in [-0.1, -0.05) is 45.0 Å². The largest absolute Gasteiger partial charge is 0.507 e. The number of hydrogen-bond acceptors (Lipinski definition) is 6. The van der Waals surface area contributed by atoms with E-state index >= 15 is 0 Å². The minimum absolute atomic E-state index is 0.0104. The van der Waals surface area contributed by atoms with Crippen LogP contribution in [-0.4, -0.2) is 37.0 Å². The van der Waals surface area contributed by atoms with Crippen molar-refractivity contribution in [3.8, 4) is 5.75 Å². The molecule has 0 aliphatic carbocycles. The summed E-state index contributed by atoms with van der Waals surface area (Å²) in [6, 6.07) is 18.2. The van der Waals surface area contributed by atoms with Gasteiger partial charge in [-0.25, -0.2) is 4.79 Å². The summed E-state index contributed by atoms with van der Waals surface area (Å²) in [5.41, 5.74) is 3.50. The predicted octanol–water partition coefficient (Wildman–Crippen LogP) is 5.71. The highest BCUT2D eigenvalue weighted by molar-refractivity contribution is 6.51. The number of methoxy groups -OCH3 is 2. The number of hydrogen-bond donors (Lipinski definition) is 1. The molecule has 1 heterocycles. The first-order chi connectivity index (χ1) is 18.0. The Hall–Kier alpha value is -4.39. The molecule has 0 bridgehead atoms. The highest BCUT2D eigenvalue weighted by Gasteiger charge is 2.47. The monoisotopic (exact) mass is 513 g/mol. The average molecular weight is 514 g/mol. The Morgan fingerprint density at radius 2 is 1.55 bits per heavy atom. The van der Waals surface area contributed by atoms with Gasteiger partial charge in [-0.3, -0.25) is 14.5 Å². The number of anilines is 1. The lowest BCUT2D eigenvalue weighted by Crippen LogP contribution is -2.29. The van der Waals surface area contributed by atoms with Crippen LogP contribution in [0.2, 0.25) is 0 Å². The minimum atomic E-state index is -0.880. The van der Waals surface area contributed by atoms with Gasteiger partial charge in [-0.2, -0.15) is 0 Å². The summed E-state index contributed by atoms with van der Waals surface area (Å²) in [4.78, 5) is 40.2. The van der Waals surface area contributed by atoms with Gasteiger partial charge in [0, 0.05) is 11.3 Å². The van der Waals surface area contributed by atoms with Gasteiger partial charge in [-0.05, 0) is 71.5 Å². The second-order valence-electron chi connectivity index (χ2n) is 10.3. The van der Waals surface area contributed by atoms with Crippen LogP contribution >= 0.6 is 0 Å². The first-order valence-electron chi connectivity index (χ1n) is 12.2. The summed E-state index contributed by atoms with van der Waals surface area (Å²) in [6.07, 6.45) is 0. The molecular weight excluding hydrogens is 482 g/mol. The fourth-order valence-electron chi connectivity index (χ4n) is 4.63. The number of Topliss-reactive ketones (excluding diaryl/α,β-unsaturated/α-hetero) is 1. The smallest absolute Gasteiger partial charge is 0.337 e. The molecular formula is C31H31NO6. The van der Waals surface area contributed by atoms with Gasteiger partial charge < -0.3 is 14.6 Å². The molecule has 7 nitrogen and oxygen atoms in total. The summed E-state index contributed by atoms with van der Waals surface area (Å²) >= 11 is 0. The fourth-order valence-corrected chi connectivity index (χ4v) is 4.63. The standard InChI is InChI=1S/C31H31NO6/c1-18-17-23(37-5)15-16-24(18)27(33)25-26(19-7-11-21(12-8-19)31(2,3)4)32(29(35)28(25)34)22-13-9-20(10-14-22)30(36)38-6/h7-17,26,33H,1-6H3/b27-25-. The molecule has 1 N–H and O–H groups in total. The van der Waals surface area contributed by atoms with Crippen molar-refractivity contribution in [2.24, 2.45) is 0 Å². The molecule has 0 radical (unpaired) electrons. The number of nitrogens with zero attached hydrogens (tertiary/aromatic N) is 1. The molecule has 3 aromatic carbocycles. The molecule has 0 aromatic heterocycles. The van der Waals surface area contributed by atoms with Crippen LogP contribution in [0, 0.1) is 6.92 Å². The van der Waals surface area contributed by atoms with Crippen LogP contribution in [0.1, 0.15) is 59.4 Å². The molecule has 0 spiro atoms. The Bertz CT molecular complexity index is 1430. The molecule has 1 saturated heterocycles. The molecule has 4 rings (SSSR count). The number of esters is 1. The number of carbonyl (C=O) groups is 3. The van der Waals surface area contributed by atoms with Gasteiger partial charge in [0.2, 0.25) is 0 Å². The molecule has 196 valence electrons. The number of ketones is 1. The van der Waals surface area contributed by atoms with Gasteiger partial charge in [-0.15, -0.1) is 0 Å². The number of benzene rings is 3. The van der Waals surface area contributed by atoms with E-state index in [9.17, 15) is 19.5 Å². The van der Waals surface area contributed by atoms with Crippen molar-refractivity contribution in [2.75, 3.05) is 19.1 Å². The molecule has 38 heavy (non-hydrogen) atoms. The van der Waals surface area contributed by atoms with Gasteiger partial charge >= 0.3 is 5.97 Å². The van der Waals surface area contributed by atoms with Crippen LogP contribution < -0.4 is 9.64 Å². The van der Waals surface area contributed by atoms with Crippen molar-refractivity contribution in [1.29, 1.82) is 0 Å². The van der Waals surface area contributed by atoms with Crippen LogP contribution in [0.3, 0.4) is 0 Å². The van der Waals surface area contributed by atoms with Crippen LogP contribution in [0.25, 0.3) is 5.76 Å². The van der Waals surface area contributed by atoms with Gasteiger partial charge in [0.1, 0.15) is 11.5 Å². The van der Waals surface area contributed by atoms with Gasteiger partial charge in [0.15, 0.2) is 0 Å². The lowest BCUT2D eigenvalue weighted by molar-refractivity contribution is -0.132. The van der Waals surface area contributed by atoms with E-state index in [-0.39, 0.29) is 16.7 Å². The third-order valence-corrected chi connectivity index (χ3v) is 6.79. The highest BCUT2D eigenvalue weighted by Crippen LogP contribution is 2.43. The summed E-state index contributed by atoms with van der Waals surface area (Å²) in [5.74, 6) is -1.72. The maximum absolute atomic E-state index is 13.5. The number of ether oxygens (including phenoxy) is 2. The molecule has 1 amide bonds. The predicted molar refractivity (Wildman–Crippen MR) is 145 cm³/mol. The maximum atomic E-state index is 13.5. The zero-order valence-corrected chi connectivity index (χ0v) is 22.4. The van der Waals surface area contributed by atoms with Crippen molar-refractivity contribution in [3.63, 3.8) is 0 Å². The van der Waals surface area contributed by atoms with Crippen molar-refractivity contribution < 1.29 is 29.0 Å². The van der Waals surface area contributed by atoms with E-state index in [0.29, 0.717) is 33.7 Å². The Kier molecular flexibility index (Phi) is 7.14. The normalized spacial score (nSPS) is 17.0. The minimum Gasteiger partial charge on any atom is -0.507 e. The second-order valence-corrected chi connectivity index (χ2v) is 10.3. The van der Waals surface area contributed by atoms with E-state index in [2.05, 4.69) is 20.8 Å². The Balaban J connectivity index is 1.91. The number of aryl methyl sites for hydroxylation is 1. The first-order valence-corrected chi connectivity index (χ1v) is 12.2. The Labute approximate surface area is 222 Å². The lowest BCUT2D eigenvalue weighted by atomic mass is 9.85. The Morgan fingerprint density at radius 1 is 0.921 bits per heavy atom. The highest BCUT2D eigenvalue weighted by atomic mass is 16.5. The van der Waals surface area contributed by atoms with E-state index in [0.717, 1.165) is 5.56 Å². The molecule has 1 aliphatic rings. The molecule has 0 saturated carbocycles. The molecule has 1 atom stereocenters. The number of carbonyl (C=O) groups excluding carboxylic acids is 3. The zero-order chi connectivity index (χ0) is 27.8. The van der Waals surface area contributed by atoms with E-state index in [1.165, 1.54) is 24.1 Å². The topological polar surface area (TPSA) is 93.1 Å². The number of aliphatic hydroxyl groups is 1. The van der Waals surface area contributed by atoms with E-state index in [1.807, 2.05) is 24.3 Å². The number of amides is 1. The lowest BCUT2D eigenvalue weighted by Gasteiger charge is -2.27. The van der Waals surface area contributed by atoms with Crippen LogP contribution in [0.5, 0.6) is 5.75 Å². The maximum Gasteiger partial charge on any atom is 0.337 e. The van der Waals surface area contributed by atoms with Crippen molar-refractivity contribution >= 4 is 29.1 Å². The summed E-state index contributed by atoms with van der Waals surface area (Å²) in [7, 11) is 2.84. The number of rotatable bonds is 5. The van der Waals surface area contributed by atoms with Crippen LogP contribution in [0.4, 0.5) is 5.69 Å². The molecule has 1 aliphatic heterocycles. The molecule has 3 aromatic rings. The SMILES string of the molecule is COC(=O)c1ccc(N2C(=O)C(=O)/C(=C(\O)c3ccc(OC)cc3C)C2c2ccc(C(C)(C)C)cc2)cc1. The summed E-state index contributed by atoms with van der Waals surface area (Å²) < 4.78 is 10.0. The first kappa shape index (κ1) is 26.7. The zero-order valence-electron chi connectivity index (χ0n) is 22.4. The molecule has 1 fully saturated rings. The van der Waals surface area contributed by atoms with Crippen LogP contribution in [-0.2, 0) is 19.7 Å². The summed E-state index contributed by atoms with van der Waals surface area (Å²) in [6.45, 7) is 8.10. The quantitative estimate of drug-likeness (QED) is 0.203. The van der Waals surface area contributed by atoms with E-state index in [4.69, 9.17) is 9.47 Å². The molecule has 1 unspecified atom stereocenters. The van der Waals surface area contributed by atoms with Crippen molar-refractivity contribution in [2.45, 2.75) is 39.2 Å². The van der Waals surface area contributed by atoms with E-state index < -0.39 is 23.7 Å². The van der Waals surface area contributed by atoms with E-state index in [1.54, 1.807) is 44.4 Å². The van der Waals surface area contributed by atoms with Crippen LogP contribution in [0.15, 0.2) is 72.3 Å². The van der Waals surface area contributed by atoms with Crippen molar-refractivity contribution in [3.05, 3.63) is 100 Å². The fraction of sp³-hybridized carbons (Fsp3) is 0.258. The third-order valence-electron chi connectivity index (χ3n) is 6.79. The Morgan fingerprint density at radius 3 is 2.08 bits per heavy atom. The second kappa shape index (κ2) is 10.2.